The van der Waals surface area contributed by atoms with Crippen LogP contribution in [0.25, 0.3) is 0 Å². The van der Waals surface area contributed by atoms with E-state index in [1.54, 1.807) is 4.90 Å². The molecule has 1 aromatic heterocycles. The van der Waals surface area contributed by atoms with Gasteiger partial charge in [-0.25, -0.2) is 5.10 Å². The van der Waals surface area contributed by atoms with Crippen LogP contribution in [-0.4, -0.2) is 58.0 Å². The van der Waals surface area contributed by atoms with Gasteiger partial charge < -0.3 is 9.80 Å². The van der Waals surface area contributed by atoms with Gasteiger partial charge >= 0.3 is 0 Å². The average molecular weight is 370 g/mol. The summed E-state index contributed by atoms with van der Waals surface area (Å²) in [6, 6.07) is 2.77. The van der Waals surface area contributed by atoms with Gasteiger partial charge in [-0.05, 0) is 62.3 Å². The number of H-pyrrole nitrogens is 1. The van der Waals surface area contributed by atoms with Gasteiger partial charge in [0.1, 0.15) is 5.69 Å². The Morgan fingerprint density at radius 2 is 1.48 bits per heavy atom. The normalized spacial score (nSPS) is 34.7. The van der Waals surface area contributed by atoms with E-state index < -0.39 is 0 Å². The van der Waals surface area contributed by atoms with Crippen molar-refractivity contribution in [2.45, 2.75) is 38.5 Å². The molecule has 4 aliphatic carbocycles. The number of aromatic amines is 1. The van der Waals surface area contributed by atoms with Gasteiger partial charge in [0.2, 0.25) is 5.91 Å². The summed E-state index contributed by atoms with van der Waals surface area (Å²) in [6.07, 6.45) is 7.25. The van der Waals surface area contributed by atoms with Crippen LogP contribution in [0.1, 0.15) is 49.0 Å². The van der Waals surface area contributed by atoms with Crippen molar-refractivity contribution in [3.8, 4) is 0 Å². The highest BCUT2D eigenvalue weighted by molar-refractivity contribution is 5.92. The van der Waals surface area contributed by atoms with Crippen LogP contribution in [0, 0.1) is 23.2 Å². The van der Waals surface area contributed by atoms with E-state index in [9.17, 15) is 14.4 Å². The molecule has 0 unspecified atom stereocenters. The lowest BCUT2D eigenvalue weighted by atomic mass is 9.49. The average Bonchev–Trinajstić information content (AvgIpc) is 2.66. The number of nitrogens with zero attached hydrogens (tertiary/aromatic N) is 3. The van der Waals surface area contributed by atoms with Gasteiger partial charge in [0.05, 0.1) is 5.41 Å². The predicted molar refractivity (Wildman–Crippen MR) is 97.9 cm³/mol. The second-order valence-electron chi connectivity index (χ2n) is 9.09. The summed E-state index contributed by atoms with van der Waals surface area (Å²) in [6.45, 7) is 2.24. The Labute approximate surface area is 158 Å². The van der Waals surface area contributed by atoms with Crippen LogP contribution in [-0.2, 0) is 4.79 Å². The maximum absolute atomic E-state index is 13.4. The Bertz CT molecular complexity index is 769. The van der Waals surface area contributed by atoms with Crippen molar-refractivity contribution in [3.63, 3.8) is 0 Å². The van der Waals surface area contributed by atoms with E-state index >= 15 is 0 Å². The highest BCUT2D eigenvalue weighted by Gasteiger charge is 2.55. The lowest BCUT2D eigenvalue weighted by Crippen LogP contribution is -2.58. The lowest BCUT2D eigenvalue weighted by Gasteiger charge is -2.57. The number of aromatic nitrogens is 2. The molecule has 7 nitrogen and oxygen atoms in total. The maximum Gasteiger partial charge on any atom is 0.274 e. The SMILES string of the molecule is O=C(c1ccc(=O)[nH]n1)N1CCN(C(=O)C23CC4CC(CC(C4)C2)C3)CC1. The zero-order chi connectivity index (χ0) is 18.6. The van der Waals surface area contributed by atoms with Crippen LogP contribution < -0.4 is 5.56 Å². The topological polar surface area (TPSA) is 86.4 Å². The molecule has 4 saturated carbocycles. The van der Waals surface area contributed by atoms with E-state index in [4.69, 9.17) is 0 Å². The van der Waals surface area contributed by atoms with Crippen LogP contribution >= 0.6 is 0 Å². The van der Waals surface area contributed by atoms with Gasteiger partial charge in [-0.3, -0.25) is 14.4 Å². The fourth-order valence-corrected chi connectivity index (χ4v) is 6.45. The summed E-state index contributed by atoms with van der Waals surface area (Å²) in [5.74, 6) is 2.43. The summed E-state index contributed by atoms with van der Waals surface area (Å²) in [4.78, 5) is 40.8. The summed E-state index contributed by atoms with van der Waals surface area (Å²) < 4.78 is 0. The maximum atomic E-state index is 13.4. The first-order chi connectivity index (χ1) is 13.0. The predicted octanol–water partition coefficient (Wildman–Crippen LogP) is 1.27. The van der Waals surface area contributed by atoms with Gasteiger partial charge in [0, 0.05) is 32.2 Å². The molecule has 4 bridgehead atoms. The van der Waals surface area contributed by atoms with Gasteiger partial charge in [-0.1, -0.05) is 0 Å². The minimum atomic E-state index is -0.322. The molecule has 0 radical (unpaired) electrons. The number of piperazine rings is 1. The highest BCUT2D eigenvalue weighted by Crippen LogP contribution is 2.60. The van der Waals surface area contributed by atoms with Crippen molar-refractivity contribution in [2.24, 2.45) is 23.2 Å². The molecule has 1 aromatic rings. The fourth-order valence-electron chi connectivity index (χ4n) is 6.45. The molecule has 7 heteroatoms. The molecule has 27 heavy (non-hydrogen) atoms. The lowest BCUT2D eigenvalue weighted by molar-refractivity contribution is -0.159. The van der Waals surface area contributed by atoms with Crippen molar-refractivity contribution >= 4 is 11.8 Å². The smallest absolute Gasteiger partial charge is 0.274 e. The van der Waals surface area contributed by atoms with Crippen molar-refractivity contribution in [3.05, 3.63) is 28.2 Å². The quantitative estimate of drug-likeness (QED) is 0.849. The van der Waals surface area contributed by atoms with Crippen LogP contribution in [0.15, 0.2) is 16.9 Å². The number of amides is 2. The van der Waals surface area contributed by atoms with E-state index in [-0.39, 0.29) is 22.6 Å². The Morgan fingerprint density at radius 3 is 2.00 bits per heavy atom. The fraction of sp³-hybridized carbons (Fsp3) is 0.700. The van der Waals surface area contributed by atoms with E-state index in [0.29, 0.717) is 32.1 Å². The monoisotopic (exact) mass is 370 g/mol. The third-order valence-corrected chi connectivity index (χ3v) is 7.24. The first-order valence-corrected chi connectivity index (χ1v) is 10.2. The molecule has 1 N–H and O–H groups in total. The number of carbonyl (C=O) groups is 2. The molecular formula is C20H26N4O3. The van der Waals surface area contributed by atoms with Crippen LogP contribution in [0.2, 0.25) is 0 Å². The Hall–Kier alpha value is -2.18. The van der Waals surface area contributed by atoms with Gasteiger partial charge in [0.15, 0.2) is 0 Å². The summed E-state index contributed by atoms with van der Waals surface area (Å²) >= 11 is 0. The van der Waals surface area contributed by atoms with Gasteiger partial charge in [-0.15, -0.1) is 0 Å². The van der Waals surface area contributed by atoms with Crippen LogP contribution in [0.3, 0.4) is 0 Å². The first kappa shape index (κ1) is 17.0. The highest BCUT2D eigenvalue weighted by atomic mass is 16.2. The van der Waals surface area contributed by atoms with Gasteiger partial charge in [0.25, 0.3) is 11.5 Å². The molecule has 2 heterocycles. The molecule has 6 rings (SSSR count). The van der Waals surface area contributed by atoms with E-state index in [1.165, 1.54) is 31.4 Å². The van der Waals surface area contributed by atoms with Crippen molar-refractivity contribution in [2.75, 3.05) is 26.2 Å². The number of rotatable bonds is 2. The van der Waals surface area contributed by atoms with E-state index in [1.807, 2.05) is 4.90 Å². The zero-order valence-electron chi connectivity index (χ0n) is 15.5. The second kappa shape index (κ2) is 6.17. The second-order valence-corrected chi connectivity index (χ2v) is 9.09. The van der Waals surface area contributed by atoms with Crippen molar-refractivity contribution in [1.29, 1.82) is 0 Å². The Kier molecular flexibility index (Phi) is 3.88. The standard InChI is InChI=1S/C20H26N4O3/c25-17-2-1-16(21-22-17)18(26)23-3-5-24(6-4-23)19(27)20-10-13-7-14(11-20)9-15(8-13)12-20/h1-2,13-15H,3-12H2,(H,22,25). The minimum absolute atomic E-state index is 0.110. The molecule has 1 saturated heterocycles. The van der Waals surface area contributed by atoms with Gasteiger partial charge in [-0.2, -0.15) is 5.10 Å². The van der Waals surface area contributed by atoms with Crippen molar-refractivity contribution in [1.82, 2.24) is 20.0 Å². The summed E-state index contributed by atoms with van der Waals surface area (Å²) in [5.41, 5.74) is -0.186. The summed E-state index contributed by atoms with van der Waals surface area (Å²) in [7, 11) is 0. The molecular weight excluding hydrogens is 344 g/mol. The van der Waals surface area contributed by atoms with Crippen LogP contribution in [0.4, 0.5) is 0 Å². The Balaban J connectivity index is 1.24. The summed E-state index contributed by atoms with van der Waals surface area (Å²) in [5, 5.41) is 6.13. The van der Waals surface area contributed by atoms with E-state index in [2.05, 4.69) is 10.2 Å². The molecule has 1 aliphatic heterocycles. The third-order valence-electron chi connectivity index (χ3n) is 7.24. The molecule has 144 valence electrons. The zero-order valence-corrected chi connectivity index (χ0v) is 15.5. The largest absolute Gasteiger partial charge is 0.339 e. The number of hydrogen-bond acceptors (Lipinski definition) is 4. The number of carbonyl (C=O) groups excluding carboxylic acids is 2. The molecule has 0 aromatic carbocycles. The molecule has 5 fully saturated rings. The Morgan fingerprint density at radius 1 is 0.926 bits per heavy atom. The minimum Gasteiger partial charge on any atom is -0.339 e. The number of hydrogen-bond donors (Lipinski definition) is 1. The first-order valence-electron chi connectivity index (χ1n) is 10.2. The molecule has 0 atom stereocenters. The van der Waals surface area contributed by atoms with E-state index in [0.717, 1.165) is 37.0 Å². The number of nitrogens with one attached hydrogen (secondary N) is 1. The third kappa shape index (κ3) is 2.87. The van der Waals surface area contributed by atoms with Crippen molar-refractivity contribution < 1.29 is 9.59 Å². The molecule has 2 amide bonds. The molecule has 5 aliphatic rings. The molecule has 0 spiro atoms. The van der Waals surface area contributed by atoms with Crippen LogP contribution in [0.5, 0.6) is 0 Å².